The third kappa shape index (κ3) is 3.91. The summed E-state index contributed by atoms with van der Waals surface area (Å²) in [7, 11) is 1.99. The van der Waals surface area contributed by atoms with Crippen molar-refractivity contribution in [3.63, 3.8) is 0 Å². The molecule has 110 valence electrons. The van der Waals surface area contributed by atoms with Crippen molar-refractivity contribution >= 4 is 17.3 Å². The normalized spacial score (nSPS) is 22.7. The van der Waals surface area contributed by atoms with Gasteiger partial charge in [0.2, 0.25) is 0 Å². The van der Waals surface area contributed by atoms with Gasteiger partial charge in [0.05, 0.1) is 22.7 Å². The van der Waals surface area contributed by atoms with E-state index in [-0.39, 0.29) is 11.8 Å². The van der Waals surface area contributed by atoms with Crippen molar-refractivity contribution in [3.8, 4) is 0 Å². The first kappa shape index (κ1) is 15.2. The zero-order valence-electron chi connectivity index (χ0n) is 11.5. The SMILES string of the molecule is CNC1CCC(OCc2ccc([N+](=O)[O-])cc2Cl)CC1. The summed E-state index contributed by atoms with van der Waals surface area (Å²) in [5.41, 5.74) is 0.807. The highest BCUT2D eigenvalue weighted by Gasteiger charge is 2.20. The molecule has 1 aromatic carbocycles. The maximum Gasteiger partial charge on any atom is 0.270 e. The fourth-order valence-electron chi connectivity index (χ4n) is 2.49. The highest BCUT2D eigenvalue weighted by molar-refractivity contribution is 6.31. The molecule has 1 aromatic rings. The van der Waals surface area contributed by atoms with E-state index in [1.54, 1.807) is 6.07 Å². The minimum atomic E-state index is -0.449. The Morgan fingerprint density at radius 2 is 2.10 bits per heavy atom. The molecule has 0 heterocycles. The molecule has 1 fully saturated rings. The third-order valence-electron chi connectivity index (χ3n) is 3.80. The van der Waals surface area contributed by atoms with Gasteiger partial charge >= 0.3 is 0 Å². The summed E-state index contributed by atoms with van der Waals surface area (Å²) >= 11 is 6.04. The summed E-state index contributed by atoms with van der Waals surface area (Å²) in [6.45, 7) is 0.408. The van der Waals surface area contributed by atoms with Crippen LogP contribution in [0.3, 0.4) is 0 Å². The molecule has 20 heavy (non-hydrogen) atoms. The number of nitrogens with zero attached hydrogens (tertiary/aromatic N) is 1. The van der Waals surface area contributed by atoms with Gasteiger partial charge in [-0.1, -0.05) is 11.6 Å². The summed E-state index contributed by atoms with van der Waals surface area (Å²) in [5, 5.41) is 14.3. The lowest BCUT2D eigenvalue weighted by atomic mass is 9.93. The molecule has 0 atom stereocenters. The van der Waals surface area contributed by atoms with Crippen LogP contribution in [0.2, 0.25) is 5.02 Å². The number of benzene rings is 1. The number of rotatable bonds is 5. The van der Waals surface area contributed by atoms with E-state index in [9.17, 15) is 10.1 Å². The van der Waals surface area contributed by atoms with Crippen LogP contribution < -0.4 is 5.32 Å². The van der Waals surface area contributed by atoms with Gasteiger partial charge in [-0.25, -0.2) is 0 Å². The van der Waals surface area contributed by atoms with E-state index in [0.717, 1.165) is 31.2 Å². The predicted molar refractivity (Wildman–Crippen MR) is 78.0 cm³/mol. The van der Waals surface area contributed by atoms with Crippen molar-refractivity contribution in [1.82, 2.24) is 5.32 Å². The lowest BCUT2D eigenvalue weighted by Crippen LogP contribution is -2.32. The minimum absolute atomic E-state index is 0.00767. The first-order valence-electron chi connectivity index (χ1n) is 6.82. The molecular weight excluding hydrogens is 280 g/mol. The van der Waals surface area contributed by atoms with Crippen molar-refractivity contribution in [2.24, 2.45) is 0 Å². The number of nitro benzene ring substituents is 1. The van der Waals surface area contributed by atoms with Crippen LogP contribution in [0, 0.1) is 10.1 Å². The maximum absolute atomic E-state index is 10.6. The monoisotopic (exact) mass is 298 g/mol. The average Bonchev–Trinajstić information content (AvgIpc) is 2.46. The highest BCUT2D eigenvalue weighted by atomic mass is 35.5. The fraction of sp³-hybridized carbons (Fsp3) is 0.571. The van der Waals surface area contributed by atoms with Crippen LogP contribution in [-0.4, -0.2) is 24.1 Å². The van der Waals surface area contributed by atoms with Crippen LogP contribution in [0.4, 0.5) is 5.69 Å². The molecule has 1 aliphatic rings. The number of nitrogens with one attached hydrogen (secondary N) is 1. The molecule has 6 heteroatoms. The first-order valence-corrected chi connectivity index (χ1v) is 7.19. The van der Waals surface area contributed by atoms with Gasteiger partial charge < -0.3 is 10.1 Å². The lowest BCUT2D eigenvalue weighted by molar-refractivity contribution is -0.384. The van der Waals surface area contributed by atoms with Crippen LogP contribution in [0.5, 0.6) is 0 Å². The molecule has 0 spiro atoms. The molecule has 0 unspecified atom stereocenters. The molecule has 0 amide bonds. The Bertz CT molecular complexity index is 473. The number of hydrogen-bond acceptors (Lipinski definition) is 4. The van der Waals surface area contributed by atoms with Crippen LogP contribution >= 0.6 is 11.6 Å². The second-order valence-corrected chi connectivity index (χ2v) is 5.51. The van der Waals surface area contributed by atoms with E-state index < -0.39 is 4.92 Å². The topological polar surface area (TPSA) is 64.4 Å². The fourth-order valence-corrected chi connectivity index (χ4v) is 2.72. The van der Waals surface area contributed by atoms with E-state index in [0.29, 0.717) is 17.7 Å². The Labute approximate surface area is 123 Å². The van der Waals surface area contributed by atoms with Gasteiger partial charge in [0.15, 0.2) is 0 Å². The highest BCUT2D eigenvalue weighted by Crippen LogP contribution is 2.26. The van der Waals surface area contributed by atoms with Crippen molar-refractivity contribution in [1.29, 1.82) is 0 Å². The van der Waals surface area contributed by atoms with Crippen molar-refractivity contribution < 1.29 is 9.66 Å². The van der Waals surface area contributed by atoms with Gasteiger partial charge in [-0.15, -0.1) is 0 Å². The van der Waals surface area contributed by atoms with Gasteiger partial charge in [-0.2, -0.15) is 0 Å². The van der Waals surface area contributed by atoms with Crippen LogP contribution in [0.15, 0.2) is 18.2 Å². The maximum atomic E-state index is 10.6. The van der Waals surface area contributed by atoms with Crippen LogP contribution in [0.1, 0.15) is 31.2 Å². The number of non-ortho nitro benzene ring substituents is 1. The van der Waals surface area contributed by atoms with E-state index >= 15 is 0 Å². The predicted octanol–water partition coefficient (Wildman–Crippen LogP) is 3.30. The zero-order chi connectivity index (χ0) is 14.5. The molecule has 0 saturated heterocycles. The number of ether oxygens (including phenoxy) is 1. The lowest BCUT2D eigenvalue weighted by Gasteiger charge is -2.28. The summed E-state index contributed by atoms with van der Waals surface area (Å²) in [6, 6.07) is 5.10. The largest absolute Gasteiger partial charge is 0.373 e. The molecule has 0 bridgehead atoms. The van der Waals surface area contributed by atoms with Gasteiger partial charge in [-0.05, 0) is 44.4 Å². The summed E-state index contributed by atoms with van der Waals surface area (Å²) in [6.07, 6.45) is 4.57. The van der Waals surface area contributed by atoms with E-state index in [1.165, 1.54) is 12.1 Å². The quantitative estimate of drug-likeness (QED) is 0.669. The van der Waals surface area contributed by atoms with Crippen LogP contribution in [0.25, 0.3) is 0 Å². The minimum Gasteiger partial charge on any atom is -0.373 e. The first-order chi connectivity index (χ1) is 9.60. The Hall–Kier alpha value is -1.17. The molecule has 1 aliphatic carbocycles. The van der Waals surface area contributed by atoms with Crippen molar-refractivity contribution in [2.75, 3.05) is 7.05 Å². The number of halogens is 1. The number of nitro groups is 1. The standard InChI is InChI=1S/C14H19ClN2O3/c1-16-11-3-6-13(7-4-11)20-9-10-2-5-12(17(18)19)8-14(10)15/h2,5,8,11,13,16H,3-4,6-7,9H2,1H3. The molecule has 0 radical (unpaired) electrons. The van der Waals surface area contributed by atoms with Gasteiger partial charge in [0.1, 0.15) is 0 Å². The third-order valence-corrected chi connectivity index (χ3v) is 4.16. The summed E-state index contributed by atoms with van der Waals surface area (Å²) < 4.78 is 5.86. The van der Waals surface area contributed by atoms with E-state index in [1.807, 2.05) is 7.05 Å². The second kappa shape index (κ2) is 7.02. The van der Waals surface area contributed by atoms with E-state index in [2.05, 4.69) is 5.32 Å². The molecule has 0 aromatic heterocycles. The molecule has 1 N–H and O–H groups in total. The summed E-state index contributed by atoms with van der Waals surface area (Å²) in [5.74, 6) is 0. The van der Waals surface area contributed by atoms with Crippen molar-refractivity contribution in [3.05, 3.63) is 38.9 Å². The molecule has 0 aliphatic heterocycles. The second-order valence-electron chi connectivity index (χ2n) is 5.11. The Balaban J connectivity index is 1.87. The van der Waals surface area contributed by atoms with Crippen molar-refractivity contribution in [2.45, 2.75) is 44.4 Å². The van der Waals surface area contributed by atoms with E-state index in [4.69, 9.17) is 16.3 Å². The Morgan fingerprint density at radius 3 is 2.65 bits per heavy atom. The average molecular weight is 299 g/mol. The molecular formula is C14H19ClN2O3. The van der Waals surface area contributed by atoms with Crippen LogP contribution in [-0.2, 0) is 11.3 Å². The Morgan fingerprint density at radius 1 is 1.40 bits per heavy atom. The van der Waals surface area contributed by atoms with Gasteiger partial charge in [0, 0.05) is 18.2 Å². The zero-order valence-corrected chi connectivity index (χ0v) is 12.2. The summed E-state index contributed by atoms with van der Waals surface area (Å²) in [4.78, 5) is 10.2. The smallest absolute Gasteiger partial charge is 0.270 e. The Kier molecular flexibility index (Phi) is 5.34. The molecule has 2 rings (SSSR count). The number of hydrogen-bond donors (Lipinski definition) is 1. The molecule has 5 nitrogen and oxygen atoms in total. The van der Waals surface area contributed by atoms with Gasteiger partial charge in [0.25, 0.3) is 5.69 Å². The van der Waals surface area contributed by atoms with Gasteiger partial charge in [-0.3, -0.25) is 10.1 Å². The molecule has 1 saturated carbocycles.